The van der Waals surface area contributed by atoms with E-state index in [9.17, 15) is 0 Å². The van der Waals surface area contributed by atoms with Crippen LogP contribution in [0.2, 0.25) is 0 Å². The van der Waals surface area contributed by atoms with Crippen molar-refractivity contribution in [2.24, 2.45) is 0 Å². The second-order valence-electron chi connectivity index (χ2n) is 4.95. The quantitative estimate of drug-likeness (QED) is 0.844. The third-order valence-electron chi connectivity index (χ3n) is 3.81. The van der Waals surface area contributed by atoms with Crippen LogP contribution in [0.15, 0.2) is 24.3 Å². The Labute approximate surface area is 120 Å². The molecule has 2 N–H and O–H groups in total. The maximum Gasteiger partial charge on any atom is 0.0587 e. The molecule has 19 heavy (non-hydrogen) atoms. The van der Waals surface area contributed by atoms with Gasteiger partial charge < -0.3 is 15.0 Å². The van der Waals surface area contributed by atoms with Crippen LogP contribution < -0.4 is 5.32 Å². The lowest BCUT2D eigenvalue weighted by molar-refractivity contribution is 0.194. The number of nitrogens with one attached hydrogen (secondary N) is 2. The average molecular weight is 281 g/mol. The van der Waals surface area contributed by atoms with E-state index in [0.717, 1.165) is 13.2 Å². The summed E-state index contributed by atoms with van der Waals surface area (Å²) in [4.78, 5) is 3.59. The number of aromatic nitrogens is 1. The molecule has 3 nitrogen and oxygen atoms in total. The minimum Gasteiger partial charge on any atom is -0.383 e. The van der Waals surface area contributed by atoms with Gasteiger partial charge in [0, 0.05) is 36.3 Å². The minimum atomic E-state index is 0. The SMILES string of the molecule is COCCNC1CCCc2c1[nH]c1ccccc21.Cl. The predicted octanol–water partition coefficient (Wildman–Crippen LogP) is 3.20. The van der Waals surface area contributed by atoms with Gasteiger partial charge in [0.25, 0.3) is 0 Å². The molecule has 0 amide bonds. The van der Waals surface area contributed by atoms with E-state index in [1.165, 1.54) is 41.4 Å². The van der Waals surface area contributed by atoms with Crippen molar-refractivity contribution >= 4 is 23.3 Å². The molecule has 104 valence electrons. The first-order chi connectivity index (χ1) is 8.90. The Morgan fingerprint density at radius 1 is 1.37 bits per heavy atom. The van der Waals surface area contributed by atoms with Gasteiger partial charge in [0.1, 0.15) is 0 Å². The maximum absolute atomic E-state index is 5.11. The number of aryl methyl sites for hydroxylation is 1. The summed E-state index contributed by atoms with van der Waals surface area (Å²) in [6.07, 6.45) is 3.67. The minimum absolute atomic E-state index is 0. The second kappa shape index (κ2) is 6.42. The lowest BCUT2D eigenvalue weighted by atomic mass is 9.92. The number of halogens is 1. The van der Waals surface area contributed by atoms with Gasteiger partial charge in [-0.3, -0.25) is 0 Å². The zero-order chi connectivity index (χ0) is 12.4. The number of aromatic amines is 1. The molecule has 2 aromatic rings. The molecule has 1 aromatic heterocycles. The normalized spacial score (nSPS) is 18.1. The molecule has 0 saturated carbocycles. The van der Waals surface area contributed by atoms with Crippen LogP contribution >= 0.6 is 12.4 Å². The van der Waals surface area contributed by atoms with Crippen molar-refractivity contribution in [1.82, 2.24) is 10.3 Å². The van der Waals surface area contributed by atoms with Gasteiger partial charge in [-0.2, -0.15) is 0 Å². The number of para-hydroxylation sites is 1. The fourth-order valence-electron chi connectivity index (χ4n) is 2.95. The van der Waals surface area contributed by atoms with Crippen molar-refractivity contribution in [2.75, 3.05) is 20.3 Å². The first kappa shape index (κ1) is 14.4. The van der Waals surface area contributed by atoms with Gasteiger partial charge in [0.15, 0.2) is 0 Å². The number of hydrogen-bond acceptors (Lipinski definition) is 2. The Balaban J connectivity index is 0.00000133. The van der Waals surface area contributed by atoms with Crippen LogP contribution in [0.25, 0.3) is 10.9 Å². The Bertz CT molecular complexity index is 538. The van der Waals surface area contributed by atoms with Crippen molar-refractivity contribution in [3.05, 3.63) is 35.5 Å². The molecule has 1 unspecified atom stereocenters. The Morgan fingerprint density at radius 2 is 2.21 bits per heavy atom. The summed E-state index contributed by atoms with van der Waals surface area (Å²) >= 11 is 0. The molecule has 0 radical (unpaired) electrons. The smallest absolute Gasteiger partial charge is 0.0587 e. The number of H-pyrrole nitrogens is 1. The monoisotopic (exact) mass is 280 g/mol. The van der Waals surface area contributed by atoms with Crippen LogP contribution in [0.3, 0.4) is 0 Å². The molecule has 1 atom stereocenters. The van der Waals surface area contributed by atoms with Crippen LogP contribution in [0.1, 0.15) is 30.1 Å². The number of rotatable bonds is 4. The highest BCUT2D eigenvalue weighted by Crippen LogP contribution is 2.34. The molecule has 0 aliphatic heterocycles. The van der Waals surface area contributed by atoms with Gasteiger partial charge in [-0.25, -0.2) is 0 Å². The summed E-state index contributed by atoms with van der Waals surface area (Å²) in [5, 5.41) is 4.98. The third-order valence-corrected chi connectivity index (χ3v) is 3.81. The number of benzene rings is 1. The van der Waals surface area contributed by atoms with Crippen molar-refractivity contribution in [3.63, 3.8) is 0 Å². The van der Waals surface area contributed by atoms with E-state index in [4.69, 9.17) is 4.74 Å². The molecule has 4 heteroatoms. The molecule has 3 rings (SSSR count). The van der Waals surface area contributed by atoms with E-state index in [-0.39, 0.29) is 12.4 Å². The van der Waals surface area contributed by atoms with E-state index in [2.05, 4.69) is 34.6 Å². The lowest BCUT2D eigenvalue weighted by Gasteiger charge is -2.23. The van der Waals surface area contributed by atoms with E-state index >= 15 is 0 Å². The number of fused-ring (bicyclic) bond motifs is 3. The first-order valence-corrected chi connectivity index (χ1v) is 6.72. The number of ether oxygens (including phenoxy) is 1. The van der Waals surface area contributed by atoms with Crippen LogP contribution in [-0.4, -0.2) is 25.2 Å². The highest BCUT2D eigenvalue weighted by atomic mass is 35.5. The van der Waals surface area contributed by atoms with Crippen molar-refractivity contribution in [3.8, 4) is 0 Å². The topological polar surface area (TPSA) is 37.0 Å². The van der Waals surface area contributed by atoms with Crippen molar-refractivity contribution in [2.45, 2.75) is 25.3 Å². The molecule has 0 spiro atoms. The predicted molar refractivity (Wildman–Crippen MR) is 81.1 cm³/mol. The Kier molecular flexibility index (Phi) is 4.86. The zero-order valence-corrected chi connectivity index (χ0v) is 12.1. The number of methoxy groups -OCH3 is 1. The molecule has 1 aliphatic rings. The number of hydrogen-bond donors (Lipinski definition) is 2. The van der Waals surface area contributed by atoms with Crippen LogP contribution in [-0.2, 0) is 11.2 Å². The lowest BCUT2D eigenvalue weighted by Crippen LogP contribution is -2.28. The summed E-state index contributed by atoms with van der Waals surface area (Å²) in [5.41, 5.74) is 4.16. The van der Waals surface area contributed by atoms with Crippen LogP contribution in [0.5, 0.6) is 0 Å². The summed E-state index contributed by atoms with van der Waals surface area (Å²) in [6, 6.07) is 9.06. The van der Waals surface area contributed by atoms with Gasteiger partial charge in [0.05, 0.1) is 6.61 Å². The molecular formula is C15H21ClN2O. The molecule has 1 aliphatic carbocycles. The average Bonchev–Trinajstić information content (AvgIpc) is 2.79. The fraction of sp³-hybridized carbons (Fsp3) is 0.467. The molecule has 0 bridgehead atoms. The Morgan fingerprint density at radius 3 is 3.05 bits per heavy atom. The van der Waals surface area contributed by atoms with E-state index in [0.29, 0.717) is 6.04 Å². The summed E-state index contributed by atoms with van der Waals surface area (Å²) in [7, 11) is 1.75. The van der Waals surface area contributed by atoms with Gasteiger partial charge in [-0.1, -0.05) is 18.2 Å². The maximum atomic E-state index is 5.11. The van der Waals surface area contributed by atoms with E-state index < -0.39 is 0 Å². The highest BCUT2D eigenvalue weighted by molar-refractivity contribution is 5.85. The van der Waals surface area contributed by atoms with E-state index in [1.54, 1.807) is 7.11 Å². The third kappa shape index (κ3) is 2.78. The summed E-state index contributed by atoms with van der Waals surface area (Å²) in [5.74, 6) is 0. The molecule has 1 heterocycles. The van der Waals surface area contributed by atoms with E-state index in [1.807, 2.05) is 0 Å². The summed E-state index contributed by atoms with van der Waals surface area (Å²) < 4.78 is 5.11. The van der Waals surface area contributed by atoms with Gasteiger partial charge in [-0.15, -0.1) is 12.4 Å². The van der Waals surface area contributed by atoms with Gasteiger partial charge in [0.2, 0.25) is 0 Å². The van der Waals surface area contributed by atoms with Crippen molar-refractivity contribution < 1.29 is 4.74 Å². The van der Waals surface area contributed by atoms with Gasteiger partial charge in [-0.05, 0) is 30.9 Å². The Hall–Kier alpha value is -1.03. The second-order valence-corrected chi connectivity index (χ2v) is 4.95. The standard InChI is InChI=1S/C15H20N2O.ClH/c1-18-10-9-16-14-8-4-6-12-11-5-2-3-7-13(11)17-15(12)14;/h2-3,5,7,14,16-17H,4,6,8-10H2,1H3;1H. The fourth-order valence-corrected chi connectivity index (χ4v) is 2.95. The van der Waals surface area contributed by atoms with Crippen molar-refractivity contribution in [1.29, 1.82) is 0 Å². The molecule has 0 fully saturated rings. The molecule has 0 saturated heterocycles. The highest BCUT2D eigenvalue weighted by Gasteiger charge is 2.23. The van der Waals surface area contributed by atoms with Gasteiger partial charge >= 0.3 is 0 Å². The van der Waals surface area contributed by atoms with Crippen LogP contribution in [0.4, 0.5) is 0 Å². The molecule has 1 aromatic carbocycles. The van der Waals surface area contributed by atoms with Crippen LogP contribution in [0, 0.1) is 0 Å². The zero-order valence-electron chi connectivity index (χ0n) is 11.2. The first-order valence-electron chi connectivity index (χ1n) is 6.72. The molecular weight excluding hydrogens is 260 g/mol. The summed E-state index contributed by atoms with van der Waals surface area (Å²) in [6.45, 7) is 1.68. The largest absolute Gasteiger partial charge is 0.383 e.